The molecule has 1 aliphatic carbocycles. The molecule has 0 amide bonds. The fourth-order valence-corrected chi connectivity index (χ4v) is 2.79. The van der Waals surface area contributed by atoms with Crippen LogP contribution in [0.15, 0.2) is 18.2 Å². The number of ether oxygens (including phenoxy) is 1. The second-order valence-electron chi connectivity index (χ2n) is 5.06. The van der Waals surface area contributed by atoms with Crippen molar-refractivity contribution in [3.63, 3.8) is 0 Å². The minimum atomic E-state index is -0.215. The molecule has 0 radical (unpaired) electrons. The van der Waals surface area contributed by atoms with Crippen LogP contribution in [0.5, 0.6) is 5.75 Å². The number of benzene rings is 1. The fraction of sp³-hybridized carbons (Fsp3) is 0.600. The minimum Gasteiger partial charge on any atom is -0.496 e. The molecule has 0 aliphatic heterocycles. The van der Waals surface area contributed by atoms with Gasteiger partial charge in [-0.15, -0.1) is 0 Å². The van der Waals surface area contributed by atoms with Crippen molar-refractivity contribution in [3.05, 3.63) is 29.3 Å². The van der Waals surface area contributed by atoms with Crippen molar-refractivity contribution >= 4 is 0 Å². The van der Waals surface area contributed by atoms with E-state index in [9.17, 15) is 5.11 Å². The van der Waals surface area contributed by atoms with E-state index in [0.29, 0.717) is 0 Å². The van der Waals surface area contributed by atoms with Gasteiger partial charge in [0.1, 0.15) is 5.75 Å². The predicted molar refractivity (Wildman–Crippen MR) is 69.6 cm³/mol. The van der Waals surface area contributed by atoms with Crippen molar-refractivity contribution in [1.29, 1.82) is 0 Å². The van der Waals surface area contributed by atoms with Gasteiger partial charge in [0, 0.05) is 11.5 Å². The third kappa shape index (κ3) is 2.81. The highest BCUT2D eigenvalue weighted by atomic mass is 16.5. The molecule has 0 saturated heterocycles. The molecule has 1 saturated carbocycles. The molecule has 94 valence electrons. The molecule has 2 unspecified atom stereocenters. The first-order chi connectivity index (χ1) is 8.22. The predicted octanol–water partition coefficient (Wildman–Crippen LogP) is 3.41. The molecule has 2 rings (SSSR count). The largest absolute Gasteiger partial charge is 0.496 e. The first-order valence-corrected chi connectivity index (χ1v) is 6.55. The normalized spacial score (nSPS) is 25.4. The van der Waals surface area contributed by atoms with Crippen LogP contribution in [0.4, 0.5) is 0 Å². The highest BCUT2D eigenvalue weighted by Crippen LogP contribution is 2.37. The van der Waals surface area contributed by atoms with Crippen LogP contribution in [-0.4, -0.2) is 18.3 Å². The molecule has 1 fully saturated rings. The van der Waals surface area contributed by atoms with Crippen molar-refractivity contribution < 1.29 is 9.84 Å². The summed E-state index contributed by atoms with van der Waals surface area (Å²) in [5, 5.41) is 10.3. The monoisotopic (exact) mass is 234 g/mol. The zero-order chi connectivity index (χ0) is 12.3. The quantitative estimate of drug-likeness (QED) is 0.795. The van der Waals surface area contributed by atoms with E-state index in [0.717, 1.165) is 25.0 Å². The zero-order valence-electron chi connectivity index (χ0n) is 10.8. The van der Waals surface area contributed by atoms with Gasteiger partial charge in [-0.05, 0) is 25.8 Å². The molecule has 17 heavy (non-hydrogen) atoms. The van der Waals surface area contributed by atoms with E-state index in [1.54, 1.807) is 7.11 Å². The standard InChI is InChI=1S/C15H22O2/c1-11-8-9-15(17-2)13(10-11)12-6-4-3-5-7-14(12)16/h8-10,12,14,16H,3-7H2,1-2H3. The van der Waals surface area contributed by atoms with Crippen LogP contribution in [0, 0.1) is 6.92 Å². The molecule has 1 aliphatic rings. The van der Waals surface area contributed by atoms with E-state index in [-0.39, 0.29) is 12.0 Å². The molecule has 0 bridgehead atoms. The molecule has 2 nitrogen and oxygen atoms in total. The molecule has 1 aromatic rings. The lowest BCUT2D eigenvalue weighted by atomic mass is 9.88. The Bertz CT molecular complexity index is 373. The summed E-state index contributed by atoms with van der Waals surface area (Å²) in [7, 11) is 1.71. The summed E-state index contributed by atoms with van der Waals surface area (Å²) < 4.78 is 5.43. The van der Waals surface area contributed by atoms with Gasteiger partial charge in [-0.3, -0.25) is 0 Å². The second-order valence-corrected chi connectivity index (χ2v) is 5.06. The zero-order valence-corrected chi connectivity index (χ0v) is 10.8. The molecule has 1 N–H and O–H groups in total. The molecule has 0 heterocycles. The van der Waals surface area contributed by atoms with E-state index >= 15 is 0 Å². The number of hydrogen-bond acceptors (Lipinski definition) is 2. The Morgan fingerprint density at radius 1 is 1.18 bits per heavy atom. The van der Waals surface area contributed by atoms with Crippen LogP contribution in [-0.2, 0) is 0 Å². The summed E-state index contributed by atoms with van der Waals surface area (Å²) in [4.78, 5) is 0. The number of hydrogen-bond donors (Lipinski definition) is 1. The average molecular weight is 234 g/mol. The van der Waals surface area contributed by atoms with Crippen LogP contribution in [0.25, 0.3) is 0 Å². The molecular formula is C15H22O2. The average Bonchev–Trinajstić information content (AvgIpc) is 2.54. The van der Waals surface area contributed by atoms with Gasteiger partial charge >= 0.3 is 0 Å². The maximum Gasteiger partial charge on any atom is 0.122 e. The number of aliphatic hydroxyl groups excluding tert-OH is 1. The van der Waals surface area contributed by atoms with E-state index in [4.69, 9.17) is 4.74 Å². The molecule has 0 aromatic heterocycles. The van der Waals surface area contributed by atoms with Crippen LogP contribution in [0.3, 0.4) is 0 Å². The Morgan fingerprint density at radius 2 is 1.94 bits per heavy atom. The summed E-state index contributed by atoms with van der Waals surface area (Å²) in [5.41, 5.74) is 2.42. The summed E-state index contributed by atoms with van der Waals surface area (Å²) >= 11 is 0. The number of rotatable bonds is 2. The molecule has 2 heteroatoms. The topological polar surface area (TPSA) is 29.5 Å². The summed E-state index contributed by atoms with van der Waals surface area (Å²) in [5.74, 6) is 1.16. The van der Waals surface area contributed by atoms with E-state index in [1.165, 1.54) is 24.0 Å². The highest BCUT2D eigenvalue weighted by Gasteiger charge is 2.25. The Labute approximate surface area is 104 Å². The van der Waals surface area contributed by atoms with Crippen molar-refractivity contribution in [3.8, 4) is 5.75 Å². The van der Waals surface area contributed by atoms with E-state index in [1.807, 2.05) is 6.07 Å². The fourth-order valence-electron chi connectivity index (χ4n) is 2.79. The summed E-state index contributed by atoms with van der Waals surface area (Å²) in [6, 6.07) is 6.24. The first kappa shape index (κ1) is 12.4. The second kappa shape index (κ2) is 5.54. The lowest BCUT2D eigenvalue weighted by Gasteiger charge is -2.23. The SMILES string of the molecule is COc1ccc(C)cc1C1CCCCCC1O. The Hall–Kier alpha value is -1.02. The Balaban J connectivity index is 2.32. The van der Waals surface area contributed by atoms with Gasteiger partial charge in [-0.2, -0.15) is 0 Å². The summed E-state index contributed by atoms with van der Waals surface area (Å²) in [6.45, 7) is 2.09. The van der Waals surface area contributed by atoms with Gasteiger partial charge in [0.25, 0.3) is 0 Å². The number of aliphatic hydroxyl groups is 1. The maximum atomic E-state index is 10.3. The van der Waals surface area contributed by atoms with Crippen LogP contribution >= 0.6 is 0 Å². The third-order valence-electron chi connectivity index (χ3n) is 3.76. The van der Waals surface area contributed by atoms with Crippen molar-refractivity contribution in [2.75, 3.05) is 7.11 Å². The van der Waals surface area contributed by atoms with E-state index < -0.39 is 0 Å². The van der Waals surface area contributed by atoms with Crippen LogP contribution < -0.4 is 4.74 Å². The van der Waals surface area contributed by atoms with E-state index in [2.05, 4.69) is 19.1 Å². The van der Waals surface area contributed by atoms with Crippen LogP contribution in [0.2, 0.25) is 0 Å². The lowest BCUT2D eigenvalue weighted by molar-refractivity contribution is 0.134. The highest BCUT2D eigenvalue weighted by molar-refractivity contribution is 5.40. The maximum absolute atomic E-state index is 10.3. The van der Waals surface area contributed by atoms with Crippen molar-refractivity contribution in [1.82, 2.24) is 0 Å². The Kier molecular flexibility index (Phi) is 4.06. The Morgan fingerprint density at radius 3 is 2.71 bits per heavy atom. The lowest BCUT2D eigenvalue weighted by Crippen LogP contribution is -2.17. The third-order valence-corrected chi connectivity index (χ3v) is 3.76. The minimum absolute atomic E-state index is 0.215. The molecule has 1 aromatic carbocycles. The van der Waals surface area contributed by atoms with Gasteiger partial charge in [0.05, 0.1) is 13.2 Å². The first-order valence-electron chi connectivity index (χ1n) is 6.55. The van der Waals surface area contributed by atoms with Gasteiger partial charge in [0.15, 0.2) is 0 Å². The van der Waals surface area contributed by atoms with Crippen LogP contribution in [0.1, 0.15) is 49.1 Å². The van der Waals surface area contributed by atoms with Crippen molar-refractivity contribution in [2.24, 2.45) is 0 Å². The summed E-state index contributed by atoms with van der Waals surface area (Å²) in [6.07, 6.45) is 5.36. The van der Waals surface area contributed by atoms with Gasteiger partial charge in [0.2, 0.25) is 0 Å². The molecule has 0 spiro atoms. The van der Waals surface area contributed by atoms with Crippen molar-refractivity contribution in [2.45, 2.75) is 51.0 Å². The number of methoxy groups -OCH3 is 1. The van der Waals surface area contributed by atoms with Gasteiger partial charge < -0.3 is 9.84 Å². The van der Waals surface area contributed by atoms with Gasteiger partial charge in [-0.25, -0.2) is 0 Å². The van der Waals surface area contributed by atoms with Gasteiger partial charge in [-0.1, -0.05) is 37.0 Å². The molecular weight excluding hydrogens is 212 g/mol. The molecule has 2 atom stereocenters. The number of aryl methyl sites for hydroxylation is 1. The smallest absolute Gasteiger partial charge is 0.122 e.